The lowest BCUT2D eigenvalue weighted by Crippen LogP contribution is -2.12. The first-order valence-electron chi connectivity index (χ1n) is 6.76. The van der Waals surface area contributed by atoms with Crippen LogP contribution in [-0.4, -0.2) is 16.6 Å². The van der Waals surface area contributed by atoms with Crippen LogP contribution in [0.5, 0.6) is 5.75 Å². The molecule has 0 atom stereocenters. The Balaban J connectivity index is 1.93. The number of hydrogen-bond donors (Lipinski definition) is 1. The van der Waals surface area contributed by atoms with Crippen LogP contribution in [0.25, 0.3) is 11.0 Å². The summed E-state index contributed by atoms with van der Waals surface area (Å²) in [7, 11) is 0. The lowest BCUT2D eigenvalue weighted by molar-refractivity contribution is 0.286. The molecule has 2 aromatic rings. The van der Waals surface area contributed by atoms with Gasteiger partial charge in [0.1, 0.15) is 5.82 Å². The van der Waals surface area contributed by atoms with E-state index in [1.807, 2.05) is 0 Å². The van der Waals surface area contributed by atoms with Crippen LogP contribution in [0.1, 0.15) is 39.4 Å². The molecule has 1 fully saturated rings. The van der Waals surface area contributed by atoms with E-state index in [4.69, 9.17) is 4.74 Å². The Morgan fingerprint density at radius 3 is 2.74 bits per heavy atom. The summed E-state index contributed by atoms with van der Waals surface area (Å²) < 4.78 is 19.5. The van der Waals surface area contributed by atoms with E-state index < -0.39 is 0 Å². The van der Waals surface area contributed by atoms with Crippen LogP contribution < -0.4 is 4.74 Å². The average molecular weight is 262 g/mol. The summed E-state index contributed by atoms with van der Waals surface area (Å²) in [6.07, 6.45) is 2.39. The molecular weight excluding hydrogens is 243 g/mol. The van der Waals surface area contributed by atoms with Crippen LogP contribution in [0.15, 0.2) is 12.1 Å². The molecule has 1 aromatic heterocycles. The quantitative estimate of drug-likeness (QED) is 0.913. The molecule has 0 radical (unpaired) electrons. The van der Waals surface area contributed by atoms with Gasteiger partial charge in [-0.05, 0) is 18.8 Å². The number of hydrogen-bond acceptors (Lipinski definition) is 2. The second-order valence-corrected chi connectivity index (χ2v) is 6.39. The molecule has 3 nitrogen and oxygen atoms in total. The van der Waals surface area contributed by atoms with Crippen LogP contribution in [0.2, 0.25) is 0 Å². The highest BCUT2D eigenvalue weighted by atomic mass is 19.1. The molecule has 4 heteroatoms. The lowest BCUT2D eigenvalue weighted by Gasteiger charge is -2.13. The van der Waals surface area contributed by atoms with E-state index in [-0.39, 0.29) is 11.2 Å². The standard InChI is InChI=1S/C15H19FN2O/c1-15(2,3)14-17-11-6-10(16)13(7-12(11)18-14)19-8-9-4-5-9/h6-7,9H,4-5,8H2,1-3H3,(H,17,18). The fourth-order valence-electron chi connectivity index (χ4n) is 1.97. The van der Waals surface area contributed by atoms with Gasteiger partial charge >= 0.3 is 0 Å². The fraction of sp³-hybridized carbons (Fsp3) is 0.533. The van der Waals surface area contributed by atoms with Gasteiger partial charge in [-0.25, -0.2) is 9.37 Å². The summed E-state index contributed by atoms with van der Waals surface area (Å²) in [5.41, 5.74) is 1.41. The van der Waals surface area contributed by atoms with Crippen LogP contribution in [0.3, 0.4) is 0 Å². The van der Waals surface area contributed by atoms with Crippen molar-refractivity contribution in [1.82, 2.24) is 9.97 Å². The van der Waals surface area contributed by atoms with E-state index >= 15 is 0 Å². The number of ether oxygens (including phenoxy) is 1. The predicted molar refractivity (Wildman–Crippen MR) is 73.0 cm³/mol. The van der Waals surface area contributed by atoms with Gasteiger partial charge in [0, 0.05) is 17.5 Å². The van der Waals surface area contributed by atoms with E-state index in [2.05, 4.69) is 30.7 Å². The maximum Gasteiger partial charge on any atom is 0.167 e. The Hall–Kier alpha value is -1.58. The van der Waals surface area contributed by atoms with Crippen molar-refractivity contribution in [3.8, 4) is 5.75 Å². The zero-order chi connectivity index (χ0) is 13.6. The Morgan fingerprint density at radius 1 is 1.37 bits per heavy atom. The van der Waals surface area contributed by atoms with Gasteiger partial charge < -0.3 is 9.72 Å². The first-order valence-corrected chi connectivity index (χ1v) is 6.76. The summed E-state index contributed by atoms with van der Waals surface area (Å²) in [6.45, 7) is 6.84. The van der Waals surface area contributed by atoms with Crippen LogP contribution in [-0.2, 0) is 5.41 Å². The SMILES string of the molecule is CC(C)(C)c1nc2cc(OCC3CC3)c(F)cc2[nH]1. The number of nitrogens with one attached hydrogen (secondary N) is 1. The molecule has 1 aliphatic carbocycles. The second kappa shape index (κ2) is 4.22. The van der Waals surface area contributed by atoms with Gasteiger partial charge in [0.2, 0.25) is 0 Å². The third-order valence-corrected chi connectivity index (χ3v) is 3.42. The highest BCUT2D eigenvalue weighted by Crippen LogP contribution is 2.31. The third kappa shape index (κ3) is 2.57. The number of H-pyrrole nitrogens is 1. The molecule has 0 spiro atoms. The lowest BCUT2D eigenvalue weighted by atomic mass is 9.96. The molecular formula is C15H19FN2O. The molecule has 19 heavy (non-hydrogen) atoms. The monoisotopic (exact) mass is 262 g/mol. The number of rotatable bonds is 3. The van der Waals surface area contributed by atoms with Gasteiger partial charge in [0.05, 0.1) is 17.6 Å². The number of halogens is 1. The summed E-state index contributed by atoms with van der Waals surface area (Å²) in [4.78, 5) is 7.70. The number of aromatic nitrogens is 2. The van der Waals surface area contributed by atoms with Crippen molar-refractivity contribution < 1.29 is 9.13 Å². The van der Waals surface area contributed by atoms with Crippen molar-refractivity contribution in [2.45, 2.75) is 39.0 Å². The smallest absolute Gasteiger partial charge is 0.167 e. The molecule has 102 valence electrons. The molecule has 0 unspecified atom stereocenters. The molecule has 3 rings (SSSR count). The number of benzene rings is 1. The number of aromatic amines is 1. The summed E-state index contributed by atoms with van der Waals surface area (Å²) >= 11 is 0. The summed E-state index contributed by atoms with van der Waals surface area (Å²) in [6, 6.07) is 3.17. The molecule has 0 aliphatic heterocycles. The Kier molecular flexibility index (Phi) is 2.77. The van der Waals surface area contributed by atoms with Crippen molar-refractivity contribution in [3.05, 3.63) is 23.8 Å². The van der Waals surface area contributed by atoms with Gasteiger partial charge in [-0.15, -0.1) is 0 Å². The van der Waals surface area contributed by atoms with Crippen molar-refractivity contribution in [2.24, 2.45) is 5.92 Å². The van der Waals surface area contributed by atoms with Crippen molar-refractivity contribution in [1.29, 1.82) is 0 Å². The maximum absolute atomic E-state index is 13.9. The van der Waals surface area contributed by atoms with Gasteiger partial charge in [-0.3, -0.25) is 0 Å². The maximum atomic E-state index is 13.9. The van der Waals surface area contributed by atoms with Gasteiger partial charge in [-0.2, -0.15) is 0 Å². The molecule has 0 amide bonds. The first kappa shape index (κ1) is 12.5. The minimum atomic E-state index is -0.322. The normalized spacial score (nSPS) is 16.0. The van der Waals surface area contributed by atoms with E-state index in [9.17, 15) is 4.39 Å². The van der Waals surface area contributed by atoms with Crippen molar-refractivity contribution >= 4 is 11.0 Å². The molecule has 1 N–H and O–H groups in total. The molecule has 0 saturated heterocycles. The largest absolute Gasteiger partial charge is 0.490 e. The molecule has 1 heterocycles. The summed E-state index contributed by atoms with van der Waals surface area (Å²) in [5.74, 6) is 1.46. The number of nitrogens with zero attached hydrogens (tertiary/aromatic N) is 1. The highest BCUT2D eigenvalue weighted by molar-refractivity contribution is 5.77. The van der Waals surface area contributed by atoms with Crippen LogP contribution in [0, 0.1) is 11.7 Å². The minimum Gasteiger partial charge on any atom is -0.490 e. The Bertz CT molecular complexity index is 608. The van der Waals surface area contributed by atoms with Crippen molar-refractivity contribution in [2.75, 3.05) is 6.61 Å². The van der Waals surface area contributed by atoms with Gasteiger partial charge in [0.25, 0.3) is 0 Å². The number of fused-ring (bicyclic) bond motifs is 1. The highest BCUT2D eigenvalue weighted by Gasteiger charge is 2.23. The molecule has 1 aromatic carbocycles. The zero-order valence-electron chi connectivity index (χ0n) is 11.6. The van der Waals surface area contributed by atoms with Gasteiger partial charge in [-0.1, -0.05) is 20.8 Å². The van der Waals surface area contributed by atoms with E-state index in [1.165, 1.54) is 18.9 Å². The average Bonchev–Trinajstić information content (AvgIpc) is 3.04. The Labute approximate surface area is 112 Å². The van der Waals surface area contributed by atoms with Crippen molar-refractivity contribution in [3.63, 3.8) is 0 Å². The van der Waals surface area contributed by atoms with Crippen LogP contribution >= 0.6 is 0 Å². The van der Waals surface area contributed by atoms with Gasteiger partial charge in [0.15, 0.2) is 11.6 Å². The fourth-order valence-corrected chi connectivity index (χ4v) is 1.97. The second-order valence-electron chi connectivity index (χ2n) is 6.39. The third-order valence-electron chi connectivity index (χ3n) is 3.42. The van der Waals surface area contributed by atoms with E-state index in [1.54, 1.807) is 6.07 Å². The summed E-state index contributed by atoms with van der Waals surface area (Å²) in [5, 5.41) is 0. The minimum absolute atomic E-state index is 0.0788. The molecule has 1 saturated carbocycles. The topological polar surface area (TPSA) is 37.9 Å². The number of imidazole rings is 1. The van der Waals surface area contributed by atoms with Crippen LogP contribution in [0.4, 0.5) is 4.39 Å². The molecule has 0 bridgehead atoms. The van der Waals surface area contributed by atoms with E-state index in [0.29, 0.717) is 18.3 Å². The zero-order valence-corrected chi connectivity index (χ0v) is 11.6. The molecule has 1 aliphatic rings. The first-order chi connectivity index (χ1) is 8.93. The Morgan fingerprint density at radius 2 is 2.11 bits per heavy atom. The predicted octanol–water partition coefficient (Wildman–Crippen LogP) is 3.79. The van der Waals surface area contributed by atoms with E-state index in [0.717, 1.165) is 16.9 Å².